The fourth-order valence-corrected chi connectivity index (χ4v) is 2.46. The van der Waals surface area contributed by atoms with Crippen molar-refractivity contribution in [1.29, 1.82) is 0 Å². The highest BCUT2D eigenvalue weighted by atomic mass is 16.5. The number of nitrogens with zero attached hydrogens (tertiary/aromatic N) is 3. The maximum Gasteiger partial charge on any atom is 0.119 e. The van der Waals surface area contributed by atoms with E-state index in [2.05, 4.69) is 40.7 Å². The average molecular weight is 288 g/mol. The van der Waals surface area contributed by atoms with E-state index in [1.807, 2.05) is 31.6 Å². The molecule has 0 spiro atoms. The number of nitrogens with two attached hydrogens (primary N) is 1. The Morgan fingerprint density at radius 1 is 1.38 bits per heavy atom. The molecular weight excluding hydrogens is 264 g/mol. The van der Waals surface area contributed by atoms with E-state index < -0.39 is 0 Å². The van der Waals surface area contributed by atoms with E-state index >= 15 is 0 Å². The van der Waals surface area contributed by atoms with Gasteiger partial charge in [0.25, 0.3) is 0 Å². The Bertz CT molecular complexity index is 577. The summed E-state index contributed by atoms with van der Waals surface area (Å²) in [5, 5.41) is 0. The van der Waals surface area contributed by atoms with Gasteiger partial charge >= 0.3 is 0 Å². The molecule has 0 aliphatic heterocycles. The number of benzene rings is 1. The Balaban J connectivity index is 2.29. The van der Waals surface area contributed by atoms with Crippen LogP contribution in [0, 0.1) is 0 Å². The maximum absolute atomic E-state index is 6.00. The Labute approximate surface area is 126 Å². The molecule has 0 bridgehead atoms. The van der Waals surface area contributed by atoms with Gasteiger partial charge in [-0.05, 0) is 38.7 Å². The lowest BCUT2D eigenvalue weighted by Gasteiger charge is -2.26. The van der Waals surface area contributed by atoms with Crippen LogP contribution in [0.1, 0.15) is 30.3 Å². The van der Waals surface area contributed by atoms with Crippen LogP contribution in [0.2, 0.25) is 0 Å². The van der Waals surface area contributed by atoms with Gasteiger partial charge in [-0.1, -0.05) is 12.1 Å². The van der Waals surface area contributed by atoms with Crippen molar-refractivity contribution in [2.45, 2.75) is 25.6 Å². The van der Waals surface area contributed by atoms with Crippen molar-refractivity contribution in [1.82, 2.24) is 14.5 Å². The highest BCUT2D eigenvalue weighted by molar-refractivity contribution is 5.30. The Morgan fingerprint density at radius 3 is 2.76 bits per heavy atom. The van der Waals surface area contributed by atoms with Crippen LogP contribution in [-0.4, -0.2) is 35.7 Å². The molecule has 114 valence electrons. The zero-order valence-electron chi connectivity index (χ0n) is 13.2. The molecule has 1 heterocycles. The second kappa shape index (κ2) is 6.74. The van der Waals surface area contributed by atoms with Gasteiger partial charge in [0.2, 0.25) is 0 Å². The summed E-state index contributed by atoms with van der Waals surface area (Å²) in [6.45, 7) is 2.78. The summed E-state index contributed by atoms with van der Waals surface area (Å²) in [7, 11) is 5.84. The predicted molar refractivity (Wildman–Crippen MR) is 84.3 cm³/mol. The molecule has 5 nitrogen and oxygen atoms in total. The SMILES string of the molecule is COc1cccc(C(Cn2cncc2[C@@H](C)N)N(C)C)c1. The predicted octanol–water partition coefficient (Wildman–Crippen LogP) is 2.21. The van der Waals surface area contributed by atoms with Crippen LogP contribution < -0.4 is 10.5 Å². The zero-order chi connectivity index (χ0) is 15.4. The maximum atomic E-state index is 6.00. The topological polar surface area (TPSA) is 56.3 Å². The van der Waals surface area contributed by atoms with Crippen LogP contribution in [0.25, 0.3) is 0 Å². The summed E-state index contributed by atoms with van der Waals surface area (Å²) in [6.07, 6.45) is 3.68. The quantitative estimate of drug-likeness (QED) is 0.885. The molecule has 0 saturated carbocycles. The average Bonchev–Trinajstić information content (AvgIpc) is 2.93. The molecule has 2 N–H and O–H groups in total. The minimum absolute atomic E-state index is 0.0272. The lowest BCUT2D eigenvalue weighted by atomic mass is 10.1. The molecule has 21 heavy (non-hydrogen) atoms. The molecule has 0 radical (unpaired) electrons. The lowest BCUT2D eigenvalue weighted by molar-refractivity contribution is 0.265. The third kappa shape index (κ3) is 3.62. The largest absolute Gasteiger partial charge is 0.497 e. The molecule has 0 amide bonds. The number of aromatic nitrogens is 2. The van der Waals surface area contributed by atoms with Crippen molar-refractivity contribution in [3.63, 3.8) is 0 Å². The molecule has 1 aromatic heterocycles. The Morgan fingerprint density at radius 2 is 2.14 bits per heavy atom. The van der Waals surface area contributed by atoms with Crippen LogP contribution in [0.15, 0.2) is 36.8 Å². The standard InChI is InChI=1S/C16H24N4O/c1-12(17)15-9-18-11-20(15)10-16(19(2)3)13-6-5-7-14(8-13)21-4/h5-9,11-12,16H,10,17H2,1-4H3/t12-,16?/m1/s1. The van der Waals surface area contributed by atoms with E-state index in [4.69, 9.17) is 10.5 Å². The number of hydrogen-bond acceptors (Lipinski definition) is 4. The molecule has 2 rings (SSSR count). The van der Waals surface area contributed by atoms with Crippen LogP contribution >= 0.6 is 0 Å². The van der Waals surface area contributed by atoms with Gasteiger partial charge in [-0.3, -0.25) is 0 Å². The van der Waals surface area contributed by atoms with Crippen molar-refractivity contribution < 1.29 is 4.74 Å². The van der Waals surface area contributed by atoms with Crippen molar-refractivity contribution in [2.75, 3.05) is 21.2 Å². The molecule has 1 aromatic carbocycles. The highest BCUT2D eigenvalue weighted by Gasteiger charge is 2.17. The minimum Gasteiger partial charge on any atom is -0.497 e. The number of methoxy groups -OCH3 is 1. The monoisotopic (exact) mass is 288 g/mol. The molecule has 2 atom stereocenters. The summed E-state index contributed by atoms with van der Waals surface area (Å²) in [6, 6.07) is 8.38. The molecule has 1 unspecified atom stereocenters. The van der Waals surface area contributed by atoms with E-state index in [-0.39, 0.29) is 12.1 Å². The van der Waals surface area contributed by atoms with Crippen LogP contribution in [0.5, 0.6) is 5.75 Å². The van der Waals surface area contributed by atoms with Crippen LogP contribution in [0.4, 0.5) is 0 Å². The molecule has 2 aromatic rings. The minimum atomic E-state index is -0.0272. The number of hydrogen-bond donors (Lipinski definition) is 1. The van der Waals surface area contributed by atoms with Gasteiger partial charge in [0.1, 0.15) is 5.75 Å². The van der Waals surface area contributed by atoms with Crippen molar-refractivity contribution >= 4 is 0 Å². The number of likely N-dealkylation sites (N-methyl/N-ethyl adjacent to an activating group) is 1. The highest BCUT2D eigenvalue weighted by Crippen LogP contribution is 2.25. The smallest absolute Gasteiger partial charge is 0.119 e. The molecule has 0 saturated heterocycles. The summed E-state index contributed by atoms with van der Waals surface area (Å²) in [5.74, 6) is 0.873. The normalized spacial score (nSPS) is 14.2. The first kappa shape index (κ1) is 15.5. The van der Waals surface area contributed by atoms with E-state index in [0.29, 0.717) is 0 Å². The molecule has 0 aliphatic carbocycles. The molecule has 5 heteroatoms. The number of ether oxygens (including phenoxy) is 1. The van der Waals surface area contributed by atoms with Crippen LogP contribution in [-0.2, 0) is 6.54 Å². The zero-order valence-corrected chi connectivity index (χ0v) is 13.2. The summed E-state index contributed by atoms with van der Waals surface area (Å²) in [5.41, 5.74) is 8.26. The van der Waals surface area contributed by atoms with E-state index in [0.717, 1.165) is 18.0 Å². The fourth-order valence-electron chi connectivity index (χ4n) is 2.46. The molecule has 0 aliphatic rings. The Kier molecular flexibility index (Phi) is 4.98. The van der Waals surface area contributed by atoms with E-state index in [1.165, 1.54) is 5.56 Å². The second-order valence-corrected chi connectivity index (χ2v) is 5.52. The first-order chi connectivity index (χ1) is 10.0. The van der Waals surface area contributed by atoms with Gasteiger partial charge in [0, 0.05) is 18.8 Å². The van der Waals surface area contributed by atoms with Gasteiger partial charge in [-0.25, -0.2) is 4.98 Å². The van der Waals surface area contributed by atoms with Gasteiger partial charge in [0.05, 0.1) is 25.2 Å². The van der Waals surface area contributed by atoms with Crippen molar-refractivity contribution in [3.05, 3.63) is 48.0 Å². The van der Waals surface area contributed by atoms with Crippen LogP contribution in [0.3, 0.4) is 0 Å². The van der Waals surface area contributed by atoms with Gasteiger partial charge in [0.15, 0.2) is 0 Å². The third-order valence-electron chi connectivity index (χ3n) is 3.68. The third-order valence-corrected chi connectivity index (χ3v) is 3.68. The number of rotatable bonds is 6. The van der Waals surface area contributed by atoms with E-state index in [1.54, 1.807) is 7.11 Å². The summed E-state index contributed by atoms with van der Waals surface area (Å²) in [4.78, 5) is 6.42. The lowest BCUT2D eigenvalue weighted by Crippen LogP contribution is -2.26. The van der Waals surface area contributed by atoms with E-state index in [9.17, 15) is 0 Å². The van der Waals surface area contributed by atoms with Crippen molar-refractivity contribution in [3.8, 4) is 5.75 Å². The molecule has 0 fully saturated rings. The first-order valence-corrected chi connectivity index (χ1v) is 7.09. The van der Waals surface area contributed by atoms with Gasteiger partial charge < -0.3 is 19.9 Å². The van der Waals surface area contributed by atoms with Crippen molar-refractivity contribution in [2.24, 2.45) is 5.73 Å². The first-order valence-electron chi connectivity index (χ1n) is 7.09. The second-order valence-electron chi connectivity index (χ2n) is 5.52. The summed E-state index contributed by atoms with van der Waals surface area (Å²) < 4.78 is 7.44. The summed E-state index contributed by atoms with van der Waals surface area (Å²) >= 11 is 0. The van der Waals surface area contributed by atoms with Gasteiger partial charge in [-0.2, -0.15) is 0 Å². The molecular formula is C16H24N4O. The van der Waals surface area contributed by atoms with Gasteiger partial charge in [-0.15, -0.1) is 0 Å². The Hall–Kier alpha value is -1.85. The number of imidazole rings is 1. The fraction of sp³-hybridized carbons (Fsp3) is 0.438.